The minimum absolute atomic E-state index is 0.0189. The number of aliphatic hydroxyl groups excluding tert-OH is 3. The van der Waals surface area contributed by atoms with Gasteiger partial charge in [0.1, 0.15) is 23.8 Å². The number of aromatic amines is 1. The highest BCUT2D eigenvalue weighted by molar-refractivity contribution is 5.73. The fourth-order valence-electron chi connectivity index (χ4n) is 3.78. The van der Waals surface area contributed by atoms with Gasteiger partial charge >= 0.3 is 5.56 Å². The van der Waals surface area contributed by atoms with Crippen LogP contribution in [0.5, 0.6) is 0 Å². The van der Waals surface area contributed by atoms with E-state index < -0.39 is 42.3 Å². The van der Waals surface area contributed by atoms with Gasteiger partial charge in [0.25, 0.3) is 5.56 Å². The molecule has 1 aliphatic heterocycles. The Morgan fingerprint density at radius 3 is 2.62 bits per heavy atom. The van der Waals surface area contributed by atoms with Crippen LogP contribution in [0.1, 0.15) is 24.6 Å². The summed E-state index contributed by atoms with van der Waals surface area (Å²) in [5.74, 6) is 0.0189. The molecular weight excluding hydrogens is 418 g/mol. The Morgan fingerprint density at radius 2 is 1.91 bits per heavy atom. The number of anilines is 1. The Kier molecular flexibility index (Phi) is 6.61. The van der Waals surface area contributed by atoms with Gasteiger partial charge in [-0.1, -0.05) is 30.3 Å². The molecule has 1 aromatic carbocycles. The summed E-state index contributed by atoms with van der Waals surface area (Å²) in [6.07, 6.45) is -1.17. The van der Waals surface area contributed by atoms with E-state index in [1.807, 2.05) is 18.2 Å². The van der Waals surface area contributed by atoms with Crippen molar-refractivity contribution in [3.8, 4) is 0 Å². The van der Waals surface area contributed by atoms with Crippen LogP contribution >= 0.6 is 0 Å². The standard InChI is InChI=1S/C21H25N5O6/c27-10-13-16(28)17(29)20(32-13)26-11-23-14-15(26)19(31)25-21(24-18(14)30)22-9-5-4-8-12-6-2-1-3-7-12/h1-3,6-7,11,13,16-17,20,27-29H,4-5,8-10H2,(H2,22,24,25,30,31)/t13-,16-,17-,20?/m1/s1. The number of ether oxygens (including phenoxy) is 1. The van der Waals surface area contributed by atoms with E-state index in [-0.39, 0.29) is 17.0 Å². The number of rotatable bonds is 8. The third-order valence-corrected chi connectivity index (χ3v) is 5.48. The Labute approximate surface area is 182 Å². The normalized spacial score (nSPS) is 23.0. The van der Waals surface area contributed by atoms with Crippen LogP contribution in [0.4, 0.5) is 5.95 Å². The summed E-state index contributed by atoms with van der Waals surface area (Å²) in [6.45, 7) is -0.0100. The maximum absolute atomic E-state index is 12.8. The van der Waals surface area contributed by atoms with Gasteiger partial charge in [-0.25, -0.2) is 4.98 Å². The molecule has 11 nitrogen and oxygen atoms in total. The van der Waals surface area contributed by atoms with Crippen molar-refractivity contribution >= 4 is 17.0 Å². The van der Waals surface area contributed by atoms with E-state index in [9.17, 15) is 24.9 Å². The smallest absolute Gasteiger partial charge is 0.301 e. The summed E-state index contributed by atoms with van der Waals surface area (Å²) in [5, 5.41) is 32.5. The number of aryl methyl sites for hydroxylation is 1. The number of benzene rings is 1. The Balaban J connectivity index is 1.50. The molecule has 32 heavy (non-hydrogen) atoms. The number of hydrogen-bond donors (Lipinski definition) is 5. The first-order valence-corrected chi connectivity index (χ1v) is 10.4. The van der Waals surface area contributed by atoms with Crippen LogP contribution in [0, 0.1) is 0 Å². The van der Waals surface area contributed by atoms with Crippen LogP contribution in [-0.4, -0.2) is 66.3 Å². The number of H-pyrrole nitrogens is 1. The number of hydrogen-bond acceptors (Lipinski definition) is 9. The van der Waals surface area contributed by atoms with Crippen LogP contribution in [0.2, 0.25) is 0 Å². The number of unbranched alkanes of at least 4 members (excludes halogenated alkanes) is 1. The van der Waals surface area contributed by atoms with Gasteiger partial charge in [-0.15, -0.1) is 0 Å². The predicted octanol–water partition coefficient (Wildman–Crippen LogP) is -0.474. The van der Waals surface area contributed by atoms with Gasteiger partial charge in [0, 0.05) is 6.54 Å². The molecule has 4 rings (SSSR count). The molecule has 0 saturated carbocycles. The maximum Gasteiger partial charge on any atom is 0.301 e. The van der Waals surface area contributed by atoms with Gasteiger partial charge in [-0.2, -0.15) is 4.98 Å². The molecule has 0 spiro atoms. The molecule has 2 aromatic heterocycles. The van der Waals surface area contributed by atoms with E-state index >= 15 is 0 Å². The Hall–Kier alpha value is -3.12. The first kappa shape index (κ1) is 22.1. The molecule has 3 aromatic rings. The van der Waals surface area contributed by atoms with Crippen LogP contribution < -0.4 is 16.4 Å². The van der Waals surface area contributed by atoms with E-state index in [4.69, 9.17) is 4.74 Å². The fourth-order valence-corrected chi connectivity index (χ4v) is 3.78. The Morgan fingerprint density at radius 1 is 1.12 bits per heavy atom. The van der Waals surface area contributed by atoms with Crippen molar-refractivity contribution in [2.24, 2.45) is 0 Å². The average Bonchev–Trinajstić information content (AvgIpc) is 3.32. The lowest BCUT2D eigenvalue weighted by Crippen LogP contribution is -2.33. The summed E-state index contributed by atoms with van der Waals surface area (Å²) >= 11 is 0. The van der Waals surface area contributed by atoms with E-state index in [1.165, 1.54) is 16.5 Å². The van der Waals surface area contributed by atoms with Crippen LogP contribution in [0.25, 0.3) is 11.0 Å². The lowest BCUT2D eigenvalue weighted by Gasteiger charge is -2.16. The molecule has 170 valence electrons. The highest BCUT2D eigenvalue weighted by atomic mass is 16.6. The molecular formula is C21H25N5O6. The van der Waals surface area contributed by atoms with Crippen LogP contribution in [0.3, 0.4) is 0 Å². The zero-order valence-corrected chi connectivity index (χ0v) is 17.2. The molecule has 4 atom stereocenters. The fraction of sp³-hybridized carbons (Fsp3) is 0.429. The number of nitrogens with one attached hydrogen (secondary N) is 2. The average molecular weight is 443 g/mol. The largest absolute Gasteiger partial charge is 0.394 e. The predicted molar refractivity (Wildman–Crippen MR) is 115 cm³/mol. The first-order valence-electron chi connectivity index (χ1n) is 10.4. The van der Waals surface area contributed by atoms with Gasteiger partial charge in [-0.05, 0) is 24.8 Å². The first-order chi connectivity index (χ1) is 15.5. The maximum atomic E-state index is 12.8. The lowest BCUT2D eigenvalue weighted by atomic mass is 10.1. The number of aliphatic hydroxyl groups is 3. The second-order valence-electron chi connectivity index (χ2n) is 7.67. The monoisotopic (exact) mass is 443 g/mol. The molecule has 0 bridgehead atoms. The molecule has 0 radical (unpaired) electrons. The van der Waals surface area contributed by atoms with Gasteiger partial charge in [0.15, 0.2) is 11.7 Å². The van der Waals surface area contributed by atoms with Crippen LogP contribution in [-0.2, 0) is 11.2 Å². The van der Waals surface area contributed by atoms with Crippen molar-refractivity contribution in [2.75, 3.05) is 18.5 Å². The molecule has 1 saturated heterocycles. The third kappa shape index (κ3) is 4.41. The molecule has 1 fully saturated rings. The van der Waals surface area contributed by atoms with Crippen LogP contribution in [0.15, 0.2) is 46.2 Å². The van der Waals surface area contributed by atoms with Crippen molar-refractivity contribution in [2.45, 2.75) is 43.8 Å². The molecule has 0 aliphatic carbocycles. The van der Waals surface area contributed by atoms with Gasteiger partial charge in [0.2, 0.25) is 5.95 Å². The second kappa shape index (κ2) is 9.57. The lowest BCUT2D eigenvalue weighted by molar-refractivity contribution is -0.0509. The summed E-state index contributed by atoms with van der Waals surface area (Å²) in [4.78, 5) is 35.8. The molecule has 1 aliphatic rings. The number of aromatic nitrogens is 4. The van der Waals surface area contributed by atoms with E-state index in [0.717, 1.165) is 19.3 Å². The highest BCUT2D eigenvalue weighted by Crippen LogP contribution is 2.30. The summed E-state index contributed by atoms with van der Waals surface area (Å²) in [7, 11) is 0. The second-order valence-corrected chi connectivity index (χ2v) is 7.67. The van der Waals surface area contributed by atoms with Crippen molar-refractivity contribution < 1.29 is 20.1 Å². The highest BCUT2D eigenvalue weighted by Gasteiger charge is 2.44. The third-order valence-electron chi connectivity index (χ3n) is 5.48. The molecule has 3 heterocycles. The quantitative estimate of drug-likeness (QED) is 0.290. The minimum atomic E-state index is -1.42. The molecule has 5 N–H and O–H groups in total. The van der Waals surface area contributed by atoms with E-state index in [1.54, 1.807) is 0 Å². The summed E-state index contributed by atoms with van der Waals surface area (Å²) in [6, 6.07) is 10.1. The number of imidazole rings is 1. The van der Waals surface area contributed by atoms with E-state index in [0.29, 0.717) is 6.54 Å². The zero-order valence-electron chi connectivity index (χ0n) is 17.2. The van der Waals surface area contributed by atoms with Crippen molar-refractivity contribution in [3.63, 3.8) is 0 Å². The SMILES string of the molecule is O=c1nc(NCCCCc2ccccc2)[nH]c(=O)c2c1ncn2C1O[C@H](CO)[C@@H](O)[C@H]1O. The van der Waals surface area contributed by atoms with Crippen molar-refractivity contribution in [3.05, 3.63) is 62.9 Å². The summed E-state index contributed by atoms with van der Waals surface area (Å²) < 4.78 is 6.62. The van der Waals surface area contributed by atoms with E-state index in [2.05, 4.69) is 32.4 Å². The number of nitrogens with zero attached hydrogens (tertiary/aromatic N) is 3. The molecule has 11 heteroatoms. The van der Waals surface area contributed by atoms with Crippen molar-refractivity contribution in [1.29, 1.82) is 0 Å². The number of fused-ring (bicyclic) bond motifs is 1. The Bertz CT molecular complexity index is 1180. The summed E-state index contributed by atoms with van der Waals surface area (Å²) in [5.41, 5.74) is -0.478. The van der Waals surface area contributed by atoms with Gasteiger partial charge in [-0.3, -0.25) is 19.1 Å². The topological polar surface area (TPSA) is 163 Å². The van der Waals surface area contributed by atoms with Gasteiger partial charge in [0.05, 0.1) is 12.9 Å². The van der Waals surface area contributed by atoms with Crippen molar-refractivity contribution in [1.82, 2.24) is 19.5 Å². The minimum Gasteiger partial charge on any atom is -0.394 e. The molecule has 0 amide bonds. The molecule has 1 unspecified atom stereocenters. The zero-order chi connectivity index (χ0) is 22.7. The van der Waals surface area contributed by atoms with Gasteiger partial charge < -0.3 is 25.4 Å².